The van der Waals surface area contributed by atoms with E-state index in [0.717, 1.165) is 21.9 Å². The Morgan fingerprint density at radius 2 is 1.81 bits per heavy atom. The van der Waals surface area contributed by atoms with Crippen LogP contribution in [0, 0.1) is 30.6 Å². The van der Waals surface area contributed by atoms with Crippen molar-refractivity contribution in [1.82, 2.24) is 4.98 Å². The van der Waals surface area contributed by atoms with Crippen LogP contribution in [0.2, 0.25) is 0 Å². The minimum atomic E-state index is -0.246. The molecule has 3 heterocycles. The van der Waals surface area contributed by atoms with Gasteiger partial charge in [-0.2, -0.15) is 0 Å². The smallest absolute Gasteiger partial charge is 0.305 e. The first kappa shape index (κ1) is 15.9. The fourth-order valence-corrected chi connectivity index (χ4v) is 7.81. The number of hydrogen-bond acceptors (Lipinski definition) is 5. The number of carbonyl (C=O) groups excluding carboxylic acids is 2. The summed E-state index contributed by atoms with van der Waals surface area (Å²) in [7, 11) is 0. The Morgan fingerprint density at radius 1 is 1.07 bits per heavy atom. The quantitative estimate of drug-likeness (QED) is 0.752. The number of aromatic amines is 1. The fraction of sp³-hybridized carbons (Fsp3) is 0.350. The summed E-state index contributed by atoms with van der Waals surface area (Å²) in [6.45, 7) is 1.99. The number of nitrogens with one attached hydrogen (secondary N) is 1. The minimum absolute atomic E-state index is 0.0467. The summed E-state index contributed by atoms with van der Waals surface area (Å²) in [5.74, 6) is -0.298. The Morgan fingerprint density at radius 3 is 2.59 bits per heavy atom. The standard InChI is InChI=1S/C20H16N2O3S2/c1-8-2-4-9(5-3-8)22-18(23)14-10-6-12(15(14)19(22)24)16-11(10)7-13-17(27-16)21-20(25)26-13/h2-5,7,10,12,14-16H,6H2,1H3,(H,21,25)/t10-,12+,14+,15+,16+/m0/s1. The van der Waals surface area contributed by atoms with Crippen LogP contribution in [0.5, 0.6) is 0 Å². The van der Waals surface area contributed by atoms with Crippen molar-refractivity contribution in [3.8, 4) is 0 Å². The molecular formula is C20H16N2O3S2. The van der Waals surface area contributed by atoms with E-state index >= 15 is 0 Å². The van der Waals surface area contributed by atoms with E-state index in [1.807, 2.05) is 31.2 Å². The number of rotatable bonds is 1. The van der Waals surface area contributed by atoms with Gasteiger partial charge in [-0.25, -0.2) is 0 Å². The van der Waals surface area contributed by atoms with Crippen molar-refractivity contribution in [2.75, 3.05) is 4.90 Å². The third-order valence-electron chi connectivity index (χ3n) is 6.44. The van der Waals surface area contributed by atoms with Gasteiger partial charge in [0.2, 0.25) is 11.8 Å². The van der Waals surface area contributed by atoms with Crippen molar-refractivity contribution in [3.63, 3.8) is 0 Å². The Kier molecular flexibility index (Phi) is 3.08. The lowest BCUT2D eigenvalue weighted by Crippen LogP contribution is -2.34. The molecule has 5 nitrogen and oxygen atoms in total. The third kappa shape index (κ3) is 1.99. The molecule has 2 bridgehead atoms. The van der Waals surface area contributed by atoms with E-state index in [9.17, 15) is 14.4 Å². The van der Waals surface area contributed by atoms with Gasteiger partial charge in [-0.15, -0.1) is 0 Å². The van der Waals surface area contributed by atoms with Gasteiger partial charge in [-0.1, -0.05) is 46.4 Å². The average molecular weight is 396 g/mol. The molecule has 1 saturated heterocycles. The molecule has 27 heavy (non-hydrogen) atoms. The van der Waals surface area contributed by atoms with Crippen molar-refractivity contribution in [2.45, 2.75) is 23.6 Å². The monoisotopic (exact) mass is 396 g/mol. The van der Waals surface area contributed by atoms with Crippen LogP contribution in [-0.2, 0) is 9.59 Å². The number of thiazole rings is 1. The molecule has 6 rings (SSSR count). The molecule has 0 unspecified atom stereocenters. The predicted molar refractivity (Wildman–Crippen MR) is 105 cm³/mol. The summed E-state index contributed by atoms with van der Waals surface area (Å²) in [5.41, 5.74) is 3.03. The second-order valence-electron chi connectivity index (χ2n) is 7.80. The van der Waals surface area contributed by atoms with Gasteiger partial charge in [-0.05, 0) is 43.4 Å². The maximum absolute atomic E-state index is 13.2. The zero-order chi connectivity index (χ0) is 18.4. The van der Waals surface area contributed by atoms with Gasteiger partial charge in [0.15, 0.2) is 0 Å². The molecule has 2 aliphatic heterocycles. The number of benzene rings is 1. The molecule has 1 aromatic carbocycles. The number of fused-ring (bicyclic) bond motifs is 9. The fourth-order valence-electron chi connectivity index (χ4n) is 5.37. The van der Waals surface area contributed by atoms with Crippen LogP contribution >= 0.6 is 23.1 Å². The predicted octanol–water partition coefficient (Wildman–Crippen LogP) is 3.06. The molecule has 1 aromatic heterocycles. The van der Waals surface area contributed by atoms with Crippen molar-refractivity contribution in [3.05, 3.63) is 49.9 Å². The number of anilines is 1. The second kappa shape index (κ2) is 5.23. The first-order chi connectivity index (χ1) is 13.0. The number of aromatic nitrogens is 1. The van der Waals surface area contributed by atoms with Crippen LogP contribution in [0.4, 0.5) is 5.69 Å². The Balaban J connectivity index is 1.41. The van der Waals surface area contributed by atoms with Crippen LogP contribution in [0.25, 0.3) is 6.08 Å². The van der Waals surface area contributed by atoms with Gasteiger partial charge >= 0.3 is 4.87 Å². The number of amides is 2. The van der Waals surface area contributed by atoms with Crippen molar-refractivity contribution in [1.29, 1.82) is 0 Å². The Bertz CT molecular complexity index is 1100. The highest BCUT2D eigenvalue weighted by Crippen LogP contribution is 2.64. The van der Waals surface area contributed by atoms with Gasteiger partial charge in [0.05, 0.1) is 27.4 Å². The molecule has 7 heteroatoms. The van der Waals surface area contributed by atoms with Crippen LogP contribution in [0.1, 0.15) is 16.9 Å². The maximum Gasteiger partial charge on any atom is 0.305 e. The number of imide groups is 1. The number of hydrogen-bond donors (Lipinski definition) is 1. The highest BCUT2D eigenvalue weighted by atomic mass is 32.2. The normalized spacial score (nSPS) is 33.1. The van der Waals surface area contributed by atoms with Crippen LogP contribution in [-0.4, -0.2) is 22.0 Å². The summed E-state index contributed by atoms with van der Waals surface area (Å²) >= 11 is 2.89. The van der Waals surface area contributed by atoms with Crippen LogP contribution in [0.3, 0.4) is 0 Å². The van der Waals surface area contributed by atoms with Gasteiger partial charge in [0, 0.05) is 5.25 Å². The number of nitrogens with zero attached hydrogens (tertiary/aromatic N) is 1. The summed E-state index contributed by atoms with van der Waals surface area (Å²) in [6.07, 6.45) is 3.00. The lowest BCUT2D eigenvalue weighted by atomic mass is 9.77. The molecule has 3 fully saturated rings. The Hall–Kier alpha value is -2.12. The van der Waals surface area contributed by atoms with Gasteiger partial charge < -0.3 is 4.98 Å². The molecule has 2 aliphatic carbocycles. The van der Waals surface area contributed by atoms with E-state index in [1.54, 1.807) is 11.8 Å². The van der Waals surface area contributed by atoms with Gasteiger partial charge in [0.1, 0.15) is 0 Å². The molecule has 2 saturated carbocycles. The number of aryl methyl sites for hydroxylation is 1. The SMILES string of the molecule is Cc1ccc(N2C(=O)[C@@H]3[C@H]4C[C@@H](C5=Cc6sc(=O)[nH]c6S[C@H]54)[C@H]3C2=O)cc1. The van der Waals surface area contributed by atoms with Crippen LogP contribution in [0.15, 0.2) is 39.7 Å². The first-order valence-electron chi connectivity index (χ1n) is 9.08. The zero-order valence-corrected chi connectivity index (χ0v) is 16.1. The van der Waals surface area contributed by atoms with E-state index in [2.05, 4.69) is 11.1 Å². The van der Waals surface area contributed by atoms with E-state index in [-0.39, 0.29) is 45.6 Å². The topological polar surface area (TPSA) is 70.2 Å². The summed E-state index contributed by atoms with van der Waals surface area (Å²) in [4.78, 5) is 43.4. The molecule has 0 spiro atoms. The van der Waals surface area contributed by atoms with E-state index in [4.69, 9.17) is 0 Å². The average Bonchev–Trinajstić information content (AvgIpc) is 3.35. The lowest BCUT2D eigenvalue weighted by Gasteiger charge is -2.32. The zero-order valence-electron chi connectivity index (χ0n) is 14.5. The molecule has 2 amide bonds. The maximum atomic E-state index is 13.2. The molecule has 1 N–H and O–H groups in total. The van der Waals surface area contributed by atoms with Crippen molar-refractivity contribution in [2.24, 2.45) is 23.7 Å². The molecule has 4 aliphatic rings. The summed E-state index contributed by atoms with van der Waals surface area (Å²) < 4.78 is 0. The van der Waals surface area contributed by atoms with E-state index < -0.39 is 0 Å². The van der Waals surface area contributed by atoms with Crippen molar-refractivity contribution >= 4 is 46.7 Å². The first-order valence-corrected chi connectivity index (χ1v) is 10.8. The van der Waals surface area contributed by atoms with E-state index in [1.165, 1.54) is 21.8 Å². The van der Waals surface area contributed by atoms with E-state index in [0.29, 0.717) is 5.69 Å². The number of thioether (sulfide) groups is 1. The second-order valence-corrected chi connectivity index (χ2v) is 9.96. The van der Waals surface area contributed by atoms with Gasteiger partial charge in [-0.3, -0.25) is 19.3 Å². The minimum Gasteiger partial charge on any atom is -0.307 e. The molecule has 136 valence electrons. The molecule has 2 aromatic rings. The Labute approximate surface area is 163 Å². The molecular weight excluding hydrogens is 380 g/mol. The number of H-pyrrole nitrogens is 1. The largest absolute Gasteiger partial charge is 0.307 e. The molecule has 5 atom stereocenters. The molecule has 0 radical (unpaired) electrons. The number of carbonyl (C=O) groups is 2. The highest BCUT2D eigenvalue weighted by molar-refractivity contribution is 8.00. The summed E-state index contributed by atoms with van der Waals surface area (Å²) in [6, 6.07) is 7.59. The van der Waals surface area contributed by atoms with Crippen LogP contribution < -0.4 is 9.77 Å². The van der Waals surface area contributed by atoms with Gasteiger partial charge in [0.25, 0.3) is 0 Å². The summed E-state index contributed by atoms with van der Waals surface area (Å²) in [5, 5.41) is 1.11. The van der Waals surface area contributed by atoms with Crippen molar-refractivity contribution < 1.29 is 9.59 Å². The third-order valence-corrected chi connectivity index (χ3v) is 8.83. The highest BCUT2D eigenvalue weighted by Gasteiger charge is 2.66. The lowest BCUT2D eigenvalue weighted by molar-refractivity contribution is -0.123.